The second-order valence-electron chi connectivity index (χ2n) is 6.34. The van der Waals surface area contributed by atoms with Crippen LogP contribution < -0.4 is 15.5 Å². The summed E-state index contributed by atoms with van der Waals surface area (Å²) in [5.74, 6) is 0.0559. The van der Waals surface area contributed by atoms with E-state index in [1.165, 1.54) is 6.21 Å². The van der Waals surface area contributed by atoms with Crippen molar-refractivity contribution in [1.82, 2.24) is 5.43 Å². The Morgan fingerprint density at radius 1 is 0.931 bits per heavy atom. The molecule has 6 heteroatoms. The fourth-order valence-corrected chi connectivity index (χ4v) is 2.45. The zero-order valence-electron chi connectivity index (χ0n) is 16.0. The van der Waals surface area contributed by atoms with Gasteiger partial charge in [0, 0.05) is 11.3 Å². The van der Waals surface area contributed by atoms with Crippen LogP contribution in [0.25, 0.3) is 0 Å². The van der Waals surface area contributed by atoms with Gasteiger partial charge in [0.2, 0.25) is 0 Å². The van der Waals surface area contributed by atoms with Crippen molar-refractivity contribution < 1.29 is 14.3 Å². The summed E-state index contributed by atoms with van der Waals surface area (Å²) in [6.45, 7) is 1.87. The summed E-state index contributed by atoms with van der Waals surface area (Å²) in [6, 6.07) is 23.5. The van der Waals surface area contributed by atoms with Gasteiger partial charge in [-0.1, -0.05) is 35.9 Å². The maximum Gasteiger partial charge on any atom is 0.271 e. The molecular formula is C23H21N3O3. The molecule has 0 spiro atoms. The van der Waals surface area contributed by atoms with Gasteiger partial charge in [0.05, 0.1) is 6.21 Å². The van der Waals surface area contributed by atoms with Gasteiger partial charge in [0.1, 0.15) is 5.75 Å². The first-order valence-electron chi connectivity index (χ1n) is 9.08. The van der Waals surface area contributed by atoms with E-state index in [1.807, 2.05) is 49.4 Å². The SMILES string of the molecule is Cc1ccc(C(=O)N/N=C/c2ccc(OCC(=O)Nc3ccccc3)cc2)cc1. The zero-order chi connectivity index (χ0) is 20.5. The van der Waals surface area contributed by atoms with Crippen LogP contribution in [0, 0.1) is 6.92 Å². The maximum atomic E-state index is 12.0. The number of nitrogens with zero attached hydrogens (tertiary/aromatic N) is 1. The lowest BCUT2D eigenvalue weighted by molar-refractivity contribution is -0.118. The molecule has 2 amide bonds. The third-order valence-electron chi connectivity index (χ3n) is 4.00. The lowest BCUT2D eigenvalue weighted by Crippen LogP contribution is -2.20. The number of benzene rings is 3. The van der Waals surface area contributed by atoms with Crippen molar-refractivity contribution in [2.75, 3.05) is 11.9 Å². The third-order valence-corrected chi connectivity index (χ3v) is 4.00. The number of ether oxygens (including phenoxy) is 1. The fourth-order valence-electron chi connectivity index (χ4n) is 2.45. The average molecular weight is 387 g/mol. The number of hydrogen-bond donors (Lipinski definition) is 2. The number of anilines is 1. The summed E-state index contributed by atoms with van der Waals surface area (Å²) in [4.78, 5) is 23.9. The predicted molar refractivity (Wildman–Crippen MR) is 113 cm³/mol. The number of aryl methyl sites for hydroxylation is 1. The van der Waals surface area contributed by atoms with E-state index in [0.29, 0.717) is 11.3 Å². The van der Waals surface area contributed by atoms with Crippen molar-refractivity contribution in [3.8, 4) is 5.75 Å². The van der Waals surface area contributed by atoms with Gasteiger partial charge >= 0.3 is 0 Å². The number of nitrogens with one attached hydrogen (secondary N) is 2. The summed E-state index contributed by atoms with van der Waals surface area (Å²) in [5.41, 5.74) is 5.64. The molecule has 3 rings (SSSR count). The predicted octanol–water partition coefficient (Wildman–Crippen LogP) is 3.78. The van der Waals surface area contributed by atoms with Crippen LogP contribution >= 0.6 is 0 Å². The van der Waals surface area contributed by atoms with Crippen LogP contribution in [0.5, 0.6) is 5.75 Å². The van der Waals surface area contributed by atoms with E-state index in [4.69, 9.17) is 4.74 Å². The Morgan fingerprint density at radius 3 is 2.31 bits per heavy atom. The third kappa shape index (κ3) is 6.32. The van der Waals surface area contributed by atoms with Crippen molar-refractivity contribution in [2.24, 2.45) is 5.10 Å². The van der Waals surface area contributed by atoms with Crippen molar-refractivity contribution in [1.29, 1.82) is 0 Å². The summed E-state index contributed by atoms with van der Waals surface area (Å²) in [7, 11) is 0. The fraction of sp³-hybridized carbons (Fsp3) is 0.0870. The van der Waals surface area contributed by atoms with E-state index in [9.17, 15) is 9.59 Å². The molecule has 0 atom stereocenters. The molecule has 0 heterocycles. The normalized spacial score (nSPS) is 10.5. The van der Waals surface area contributed by atoms with E-state index in [0.717, 1.165) is 16.8 Å². The highest BCUT2D eigenvalue weighted by molar-refractivity contribution is 5.95. The Labute approximate surface area is 169 Å². The molecule has 0 unspecified atom stereocenters. The lowest BCUT2D eigenvalue weighted by atomic mass is 10.1. The Hall–Kier alpha value is -3.93. The molecule has 29 heavy (non-hydrogen) atoms. The second-order valence-corrected chi connectivity index (χ2v) is 6.34. The van der Waals surface area contributed by atoms with Crippen LogP contribution in [-0.4, -0.2) is 24.6 Å². The van der Waals surface area contributed by atoms with Gasteiger partial charge < -0.3 is 10.1 Å². The topological polar surface area (TPSA) is 79.8 Å². The van der Waals surface area contributed by atoms with Gasteiger partial charge in [-0.05, 0) is 61.0 Å². The smallest absolute Gasteiger partial charge is 0.271 e. The van der Waals surface area contributed by atoms with Crippen LogP contribution in [0.15, 0.2) is 84.0 Å². The molecule has 0 fully saturated rings. The quantitative estimate of drug-likeness (QED) is 0.478. The number of hydrazone groups is 1. The molecule has 0 aromatic heterocycles. The number of rotatable bonds is 7. The molecule has 0 saturated carbocycles. The largest absolute Gasteiger partial charge is 0.484 e. The van der Waals surface area contributed by atoms with Gasteiger partial charge in [-0.2, -0.15) is 5.10 Å². The minimum absolute atomic E-state index is 0.0884. The summed E-state index contributed by atoms with van der Waals surface area (Å²) in [6.07, 6.45) is 1.54. The van der Waals surface area contributed by atoms with Crippen LogP contribution in [-0.2, 0) is 4.79 Å². The Morgan fingerprint density at radius 2 is 1.62 bits per heavy atom. The number of amides is 2. The second kappa shape index (κ2) is 9.85. The lowest BCUT2D eigenvalue weighted by Gasteiger charge is -2.07. The van der Waals surface area contributed by atoms with E-state index in [2.05, 4.69) is 15.8 Å². The van der Waals surface area contributed by atoms with Gasteiger partial charge in [-0.25, -0.2) is 5.43 Å². The van der Waals surface area contributed by atoms with Crippen molar-refractivity contribution in [3.05, 3.63) is 95.6 Å². The van der Waals surface area contributed by atoms with E-state index >= 15 is 0 Å². The average Bonchev–Trinajstić information content (AvgIpc) is 2.74. The first kappa shape index (κ1) is 19.8. The molecule has 0 bridgehead atoms. The van der Waals surface area contributed by atoms with E-state index in [-0.39, 0.29) is 18.4 Å². The van der Waals surface area contributed by atoms with E-state index in [1.54, 1.807) is 36.4 Å². The molecule has 3 aromatic rings. The minimum atomic E-state index is -0.273. The Balaban J connectivity index is 1.45. The first-order valence-corrected chi connectivity index (χ1v) is 9.08. The molecule has 6 nitrogen and oxygen atoms in total. The molecule has 0 aliphatic rings. The standard InChI is InChI=1S/C23H21N3O3/c1-17-7-11-19(12-8-17)23(28)26-24-15-18-9-13-21(14-10-18)29-16-22(27)25-20-5-3-2-4-6-20/h2-15H,16H2,1H3,(H,25,27)(H,26,28)/b24-15+. The number of para-hydroxylation sites is 1. The Kier molecular flexibility index (Phi) is 6.73. The summed E-state index contributed by atoms with van der Waals surface area (Å²) in [5, 5.41) is 6.71. The molecule has 2 N–H and O–H groups in total. The van der Waals surface area contributed by atoms with E-state index < -0.39 is 0 Å². The molecule has 146 valence electrons. The van der Waals surface area contributed by atoms with Crippen LogP contribution in [0.1, 0.15) is 21.5 Å². The molecular weight excluding hydrogens is 366 g/mol. The Bertz CT molecular complexity index is 982. The molecule has 0 saturated heterocycles. The van der Waals surface area contributed by atoms with Crippen molar-refractivity contribution in [2.45, 2.75) is 6.92 Å². The van der Waals surface area contributed by atoms with Gasteiger partial charge in [-0.15, -0.1) is 0 Å². The minimum Gasteiger partial charge on any atom is -0.484 e. The molecule has 0 radical (unpaired) electrons. The van der Waals surface area contributed by atoms with Crippen LogP contribution in [0.2, 0.25) is 0 Å². The van der Waals surface area contributed by atoms with Crippen molar-refractivity contribution >= 4 is 23.7 Å². The summed E-state index contributed by atoms with van der Waals surface area (Å²) >= 11 is 0. The zero-order valence-corrected chi connectivity index (χ0v) is 16.0. The molecule has 0 aliphatic heterocycles. The van der Waals surface area contributed by atoms with Gasteiger partial charge in [0.15, 0.2) is 6.61 Å². The summed E-state index contributed by atoms with van der Waals surface area (Å²) < 4.78 is 5.48. The highest BCUT2D eigenvalue weighted by Gasteiger charge is 2.04. The monoisotopic (exact) mass is 387 g/mol. The van der Waals surface area contributed by atoms with Gasteiger partial charge in [0.25, 0.3) is 11.8 Å². The molecule has 0 aliphatic carbocycles. The first-order chi connectivity index (χ1) is 14.1. The van der Waals surface area contributed by atoms with Crippen molar-refractivity contribution in [3.63, 3.8) is 0 Å². The number of carbonyl (C=O) groups is 2. The van der Waals surface area contributed by atoms with Crippen LogP contribution in [0.4, 0.5) is 5.69 Å². The number of carbonyl (C=O) groups excluding carboxylic acids is 2. The highest BCUT2D eigenvalue weighted by Crippen LogP contribution is 2.12. The molecule has 3 aromatic carbocycles. The van der Waals surface area contributed by atoms with Gasteiger partial charge in [-0.3, -0.25) is 9.59 Å². The number of hydrogen-bond acceptors (Lipinski definition) is 4. The highest BCUT2D eigenvalue weighted by atomic mass is 16.5. The van der Waals surface area contributed by atoms with Crippen LogP contribution in [0.3, 0.4) is 0 Å². The maximum absolute atomic E-state index is 12.0.